The van der Waals surface area contributed by atoms with Gasteiger partial charge in [0.25, 0.3) is 0 Å². The van der Waals surface area contributed by atoms with E-state index in [1.54, 1.807) is 0 Å². The highest BCUT2D eigenvalue weighted by Crippen LogP contribution is 2.34. The van der Waals surface area contributed by atoms with Crippen LogP contribution in [0.25, 0.3) is 10.9 Å². The van der Waals surface area contributed by atoms with Crippen molar-refractivity contribution < 1.29 is 0 Å². The standard InChI is InChI=1S/C21H19N3O/c1-14-20-18(17-9-5-6-10-19(17)22-20)11-16-13-23(21(25)24(14)16)12-15-7-3-2-4-8-15/h2-10,13-14,22H,11-12H2,1H3. The number of hydrogen-bond donors (Lipinski definition) is 1. The van der Waals surface area contributed by atoms with E-state index in [2.05, 4.69) is 42.2 Å². The number of para-hydroxylation sites is 1. The smallest absolute Gasteiger partial charge is 0.329 e. The third-order valence-electron chi connectivity index (χ3n) is 5.27. The largest absolute Gasteiger partial charge is 0.356 e. The van der Waals surface area contributed by atoms with E-state index in [-0.39, 0.29) is 11.7 Å². The van der Waals surface area contributed by atoms with Crippen LogP contribution in [-0.4, -0.2) is 14.1 Å². The number of imidazole rings is 1. The van der Waals surface area contributed by atoms with E-state index >= 15 is 0 Å². The number of benzene rings is 2. The molecular formula is C21H19N3O. The van der Waals surface area contributed by atoms with E-state index in [1.807, 2.05) is 39.6 Å². The highest BCUT2D eigenvalue weighted by atomic mass is 16.1. The molecule has 2 aromatic heterocycles. The Labute approximate surface area is 145 Å². The molecule has 0 saturated heterocycles. The van der Waals surface area contributed by atoms with E-state index in [0.717, 1.165) is 28.9 Å². The number of nitrogens with zero attached hydrogens (tertiary/aromatic N) is 2. The number of hydrogen-bond acceptors (Lipinski definition) is 1. The summed E-state index contributed by atoms with van der Waals surface area (Å²) >= 11 is 0. The topological polar surface area (TPSA) is 42.7 Å². The quantitative estimate of drug-likeness (QED) is 0.599. The van der Waals surface area contributed by atoms with Crippen LogP contribution in [0.3, 0.4) is 0 Å². The molecule has 0 spiro atoms. The Morgan fingerprint density at radius 1 is 1.08 bits per heavy atom. The zero-order valence-corrected chi connectivity index (χ0v) is 14.1. The van der Waals surface area contributed by atoms with Gasteiger partial charge in [0.2, 0.25) is 0 Å². The molecule has 1 aliphatic heterocycles. The van der Waals surface area contributed by atoms with Crippen LogP contribution in [0.1, 0.15) is 35.5 Å². The molecule has 0 radical (unpaired) electrons. The molecule has 0 fully saturated rings. The van der Waals surface area contributed by atoms with Crippen molar-refractivity contribution in [3.8, 4) is 0 Å². The number of nitrogens with one attached hydrogen (secondary N) is 1. The van der Waals surface area contributed by atoms with Crippen LogP contribution in [0.4, 0.5) is 0 Å². The van der Waals surface area contributed by atoms with E-state index in [0.29, 0.717) is 6.54 Å². The van der Waals surface area contributed by atoms with E-state index in [9.17, 15) is 4.79 Å². The molecule has 4 aromatic rings. The third kappa shape index (κ3) is 2.10. The first kappa shape index (κ1) is 14.3. The zero-order valence-electron chi connectivity index (χ0n) is 14.1. The van der Waals surface area contributed by atoms with Gasteiger partial charge in [0.05, 0.1) is 12.6 Å². The van der Waals surface area contributed by atoms with Crippen molar-refractivity contribution in [2.24, 2.45) is 0 Å². The number of aromatic nitrogens is 3. The average Bonchev–Trinajstić information content (AvgIpc) is 3.15. The zero-order chi connectivity index (χ0) is 17.0. The van der Waals surface area contributed by atoms with Gasteiger partial charge in [-0.25, -0.2) is 4.79 Å². The molecule has 124 valence electrons. The van der Waals surface area contributed by atoms with Crippen molar-refractivity contribution in [2.75, 3.05) is 0 Å². The lowest BCUT2D eigenvalue weighted by Gasteiger charge is -2.21. The Morgan fingerprint density at radius 2 is 1.84 bits per heavy atom. The second kappa shape index (κ2) is 5.24. The average molecular weight is 329 g/mol. The lowest BCUT2D eigenvalue weighted by molar-refractivity contribution is 0.546. The summed E-state index contributed by atoms with van der Waals surface area (Å²) < 4.78 is 3.76. The van der Waals surface area contributed by atoms with Gasteiger partial charge in [-0.2, -0.15) is 0 Å². The Bertz CT molecular complexity index is 1130. The lowest BCUT2D eigenvalue weighted by atomic mass is 9.98. The van der Waals surface area contributed by atoms with Crippen LogP contribution in [-0.2, 0) is 13.0 Å². The van der Waals surface area contributed by atoms with Crippen LogP contribution in [0.15, 0.2) is 65.6 Å². The first-order valence-corrected chi connectivity index (χ1v) is 8.66. The first-order chi connectivity index (χ1) is 12.2. The second-order valence-corrected chi connectivity index (χ2v) is 6.80. The Kier molecular flexibility index (Phi) is 3.01. The summed E-state index contributed by atoms with van der Waals surface area (Å²) in [5.74, 6) is 0. The van der Waals surface area contributed by atoms with Gasteiger partial charge in [-0.05, 0) is 24.1 Å². The number of aromatic amines is 1. The maximum atomic E-state index is 13.0. The van der Waals surface area contributed by atoms with Gasteiger partial charge >= 0.3 is 5.69 Å². The van der Waals surface area contributed by atoms with Crippen LogP contribution in [0.2, 0.25) is 0 Å². The predicted octanol–water partition coefficient (Wildman–Crippen LogP) is 3.69. The van der Waals surface area contributed by atoms with Crippen molar-refractivity contribution in [1.82, 2.24) is 14.1 Å². The Hall–Kier alpha value is -3.01. The summed E-state index contributed by atoms with van der Waals surface area (Å²) in [5.41, 5.74) is 5.92. The van der Waals surface area contributed by atoms with Crippen LogP contribution < -0.4 is 5.69 Å². The first-order valence-electron chi connectivity index (χ1n) is 8.66. The highest BCUT2D eigenvalue weighted by molar-refractivity contribution is 5.85. The van der Waals surface area contributed by atoms with Crippen molar-refractivity contribution >= 4 is 10.9 Å². The normalized spacial score (nSPS) is 16.0. The fourth-order valence-electron chi connectivity index (χ4n) is 4.08. The van der Waals surface area contributed by atoms with E-state index in [1.165, 1.54) is 10.9 Å². The summed E-state index contributed by atoms with van der Waals surface area (Å²) in [6.07, 6.45) is 2.82. The second-order valence-electron chi connectivity index (χ2n) is 6.80. The molecule has 4 heteroatoms. The Morgan fingerprint density at radius 3 is 2.68 bits per heavy atom. The van der Waals surface area contributed by atoms with Crippen molar-refractivity contribution in [3.05, 3.63) is 93.8 Å². The summed E-state index contributed by atoms with van der Waals surface area (Å²) in [4.78, 5) is 16.5. The Balaban J connectivity index is 1.61. The van der Waals surface area contributed by atoms with Gasteiger partial charge in [-0.3, -0.25) is 9.13 Å². The summed E-state index contributed by atoms with van der Waals surface area (Å²) in [5, 5.41) is 1.26. The van der Waals surface area contributed by atoms with Crippen molar-refractivity contribution in [3.63, 3.8) is 0 Å². The minimum Gasteiger partial charge on any atom is -0.356 e. The van der Waals surface area contributed by atoms with Crippen LogP contribution >= 0.6 is 0 Å². The van der Waals surface area contributed by atoms with Gasteiger partial charge in [0.1, 0.15) is 0 Å². The van der Waals surface area contributed by atoms with Gasteiger partial charge in [0.15, 0.2) is 0 Å². The number of H-pyrrole nitrogens is 1. The lowest BCUT2D eigenvalue weighted by Crippen LogP contribution is -2.30. The van der Waals surface area contributed by atoms with Gasteiger partial charge in [-0.1, -0.05) is 48.5 Å². The molecule has 3 heterocycles. The number of fused-ring (bicyclic) bond motifs is 4. The van der Waals surface area contributed by atoms with Gasteiger partial charge in [0, 0.05) is 34.9 Å². The number of rotatable bonds is 2. The third-order valence-corrected chi connectivity index (χ3v) is 5.27. The van der Waals surface area contributed by atoms with Gasteiger partial charge in [-0.15, -0.1) is 0 Å². The molecule has 0 saturated carbocycles. The molecule has 0 amide bonds. The van der Waals surface area contributed by atoms with Gasteiger partial charge < -0.3 is 4.98 Å². The van der Waals surface area contributed by atoms with E-state index < -0.39 is 0 Å². The monoisotopic (exact) mass is 329 g/mol. The molecule has 0 aliphatic carbocycles. The predicted molar refractivity (Wildman–Crippen MR) is 99.2 cm³/mol. The minimum absolute atomic E-state index is 0.0238. The molecule has 0 bridgehead atoms. The van der Waals surface area contributed by atoms with Crippen molar-refractivity contribution in [2.45, 2.75) is 25.9 Å². The fourth-order valence-corrected chi connectivity index (χ4v) is 4.08. The molecule has 25 heavy (non-hydrogen) atoms. The maximum Gasteiger partial charge on any atom is 0.329 e. The minimum atomic E-state index is 0.0238. The van der Waals surface area contributed by atoms with Crippen molar-refractivity contribution in [1.29, 1.82) is 0 Å². The summed E-state index contributed by atoms with van der Waals surface area (Å²) in [7, 11) is 0. The fraction of sp³-hybridized carbons (Fsp3) is 0.190. The van der Waals surface area contributed by atoms with E-state index in [4.69, 9.17) is 0 Å². The molecule has 2 aromatic carbocycles. The SMILES string of the molecule is CC1c2[nH]c3ccccc3c2Cc2cn(Cc3ccccc3)c(=O)n21. The molecule has 1 aliphatic rings. The molecule has 1 N–H and O–H groups in total. The highest BCUT2D eigenvalue weighted by Gasteiger charge is 2.28. The summed E-state index contributed by atoms with van der Waals surface area (Å²) in [6, 6.07) is 18.5. The maximum absolute atomic E-state index is 13.0. The molecule has 1 atom stereocenters. The molecule has 5 rings (SSSR count). The molecule has 1 unspecified atom stereocenters. The summed E-state index contributed by atoms with van der Waals surface area (Å²) in [6.45, 7) is 2.71. The molecule has 4 nitrogen and oxygen atoms in total. The van der Waals surface area contributed by atoms with Crippen LogP contribution in [0.5, 0.6) is 0 Å². The van der Waals surface area contributed by atoms with Crippen LogP contribution in [0, 0.1) is 0 Å². The molecular weight excluding hydrogens is 310 g/mol.